The van der Waals surface area contributed by atoms with Crippen molar-refractivity contribution in [3.8, 4) is 5.75 Å². The lowest BCUT2D eigenvalue weighted by molar-refractivity contribution is 0.0995. The lowest BCUT2D eigenvalue weighted by Crippen LogP contribution is -2.04. The third kappa shape index (κ3) is 2.34. The van der Waals surface area contributed by atoms with Crippen LogP contribution in [0.15, 0.2) is 16.6 Å². The fraction of sp³-hybridized carbons (Fsp3) is 0.300. The number of Topliss-reactive ketones (excluding diaryl/α,β-unsaturated/α-hetero) is 1. The van der Waals surface area contributed by atoms with Gasteiger partial charge in [-0.1, -0.05) is 6.07 Å². The molecule has 0 aliphatic heterocycles. The number of alkyl halides is 2. The third-order valence-electron chi connectivity index (χ3n) is 1.93. The van der Waals surface area contributed by atoms with Gasteiger partial charge in [0.25, 0.3) is 6.43 Å². The zero-order valence-corrected chi connectivity index (χ0v) is 9.77. The maximum atomic E-state index is 12.6. The summed E-state index contributed by atoms with van der Waals surface area (Å²) in [6.07, 6.45) is -2.69. The molecule has 0 radical (unpaired) electrons. The van der Waals surface area contributed by atoms with Crippen molar-refractivity contribution < 1.29 is 18.3 Å². The molecule has 0 saturated heterocycles. The molecule has 0 spiro atoms. The Morgan fingerprint density at radius 1 is 1.47 bits per heavy atom. The normalized spacial score (nSPS) is 10.5. The Morgan fingerprint density at radius 2 is 2.07 bits per heavy atom. The van der Waals surface area contributed by atoms with E-state index < -0.39 is 12.2 Å². The Labute approximate surface area is 94.4 Å². The van der Waals surface area contributed by atoms with E-state index in [4.69, 9.17) is 4.74 Å². The van der Waals surface area contributed by atoms with Crippen LogP contribution >= 0.6 is 15.9 Å². The first-order chi connectivity index (χ1) is 6.99. The van der Waals surface area contributed by atoms with Crippen molar-refractivity contribution in [1.82, 2.24) is 0 Å². The second-order valence-electron chi connectivity index (χ2n) is 2.90. The second kappa shape index (κ2) is 4.70. The summed E-state index contributed by atoms with van der Waals surface area (Å²) in [6.45, 7) is 1.23. The van der Waals surface area contributed by atoms with Gasteiger partial charge in [-0.05, 0) is 28.9 Å². The molecule has 1 aromatic carbocycles. The predicted molar refractivity (Wildman–Crippen MR) is 55.7 cm³/mol. The molecule has 0 aromatic heterocycles. The largest absolute Gasteiger partial charge is 0.495 e. The maximum absolute atomic E-state index is 12.6. The molecule has 0 aliphatic rings. The number of methoxy groups -OCH3 is 1. The van der Waals surface area contributed by atoms with Gasteiger partial charge in [-0.25, -0.2) is 8.78 Å². The summed E-state index contributed by atoms with van der Waals surface area (Å²) in [5.41, 5.74) is -0.371. The van der Waals surface area contributed by atoms with Crippen LogP contribution < -0.4 is 4.74 Å². The first-order valence-corrected chi connectivity index (χ1v) is 4.93. The van der Waals surface area contributed by atoms with E-state index in [-0.39, 0.29) is 16.9 Å². The van der Waals surface area contributed by atoms with Crippen LogP contribution in [0.25, 0.3) is 0 Å². The molecule has 0 atom stereocenters. The zero-order chi connectivity index (χ0) is 11.6. The lowest BCUT2D eigenvalue weighted by atomic mass is 10.0. The van der Waals surface area contributed by atoms with Crippen LogP contribution in [0.1, 0.15) is 29.3 Å². The molecule has 82 valence electrons. The lowest BCUT2D eigenvalue weighted by Gasteiger charge is -2.12. The van der Waals surface area contributed by atoms with Gasteiger partial charge in [0.15, 0.2) is 5.78 Å². The summed E-state index contributed by atoms with van der Waals surface area (Å²) in [5.74, 6) is -0.288. The van der Waals surface area contributed by atoms with Gasteiger partial charge in [0.2, 0.25) is 0 Å². The molecule has 2 nitrogen and oxygen atoms in total. The average molecular weight is 279 g/mol. The van der Waals surface area contributed by atoms with E-state index in [1.165, 1.54) is 26.2 Å². The molecule has 0 heterocycles. The van der Waals surface area contributed by atoms with Gasteiger partial charge >= 0.3 is 0 Å². The topological polar surface area (TPSA) is 26.3 Å². The SMILES string of the molecule is COc1c(Br)ccc(C(F)F)c1C(C)=O. The summed E-state index contributed by atoms with van der Waals surface area (Å²) < 4.78 is 30.6. The average Bonchev–Trinajstić information content (AvgIpc) is 2.16. The van der Waals surface area contributed by atoms with Crippen molar-refractivity contribution in [1.29, 1.82) is 0 Å². The quantitative estimate of drug-likeness (QED) is 0.790. The number of halogens is 3. The van der Waals surface area contributed by atoms with Crippen molar-refractivity contribution in [3.63, 3.8) is 0 Å². The Balaban J connectivity index is 3.49. The number of carbonyl (C=O) groups is 1. The molecule has 0 saturated carbocycles. The van der Waals surface area contributed by atoms with Crippen LogP contribution in [0.3, 0.4) is 0 Å². The van der Waals surface area contributed by atoms with Gasteiger partial charge in [-0.2, -0.15) is 0 Å². The Kier molecular flexibility index (Phi) is 3.79. The Morgan fingerprint density at radius 3 is 2.47 bits per heavy atom. The highest BCUT2D eigenvalue weighted by molar-refractivity contribution is 9.10. The predicted octanol–water partition coefficient (Wildman–Crippen LogP) is 3.60. The van der Waals surface area contributed by atoms with Crippen molar-refractivity contribution in [3.05, 3.63) is 27.7 Å². The molecule has 0 fully saturated rings. The molecule has 15 heavy (non-hydrogen) atoms. The molecular formula is C10H9BrF2O2. The molecule has 1 aromatic rings. The molecule has 0 unspecified atom stereocenters. The smallest absolute Gasteiger partial charge is 0.264 e. The van der Waals surface area contributed by atoms with E-state index >= 15 is 0 Å². The van der Waals surface area contributed by atoms with Crippen molar-refractivity contribution in [2.45, 2.75) is 13.3 Å². The molecule has 5 heteroatoms. The summed E-state index contributed by atoms with van der Waals surface area (Å²) in [6, 6.07) is 2.65. The van der Waals surface area contributed by atoms with Crippen molar-refractivity contribution in [2.24, 2.45) is 0 Å². The summed E-state index contributed by atoms with van der Waals surface area (Å²) in [4.78, 5) is 11.3. The summed E-state index contributed by atoms with van der Waals surface area (Å²) in [5, 5.41) is 0. The standard InChI is InChI=1S/C10H9BrF2O2/c1-5(14)8-6(10(12)13)3-4-7(11)9(8)15-2/h3-4,10H,1-2H3. The van der Waals surface area contributed by atoms with Gasteiger partial charge in [0.05, 0.1) is 17.1 Å². The summed E-state index contributed by atoms with van der Waals surface area (Å²) >= 11 is 3.14. The van der Waals surface area contributed by atoms with Gasteiger partial charge in [0.1, 0.15) is 5.75 Å². The Hall–Kier alpha value is -0.970. The van der Waals surface area contributed by atoms with E-state index in [1.54, 1.807) is 0 Å². The number of benzene rings is 1. The monoisotopic (exact) mass is 278 g/mol. The van der Waals surface area contributed by atoms with Crippen LogP contribution in [-0.2, 0) is 0 Å². The molecule has 0 aliphatic carbocycles. The number of carbonyl (C=O) groups excluding carboxylic acids is 1. The first-order valence-electron chi connectivity index (χ1n) is 4.14. The fourth-order valence-corrected chi connectivity index (χ4v) is 1.81. The number of hydrogen-bond acceptors (Lipinski definition) is 2. The van der Waals surface area contributed by atoms with E-state index in [0.29, 0.717) is 4.47 Å². The number of hydrogen-bond donors (Lipinski definition) is 0. The first kappa shape index (κ1) is 12.1. The summed E-state index contributed by atoms with van der Waals surface area (Å²) in [7, 11) is 1.34. The van der Waals surface area contributed by atoms with E-state index in [1.807, 2.05) is 0 Å². The molecule has 0 amide bonds. The second-order valence-corrected chi connectivity index (χ2v) is 3.76. The molecule has 0 bridgehead atoms. The van der Waals surface area contributed by atoms with E-state index in [2.05, 4.69) is 15.9 Å². The van der Waals surface area contributed by atoms with Gasteiger partial charge in [-0.15, -0.1) is 0 Å². The van der Waals surface area contributed by atoms with Crippen LogP contribution in [-0.4, -0.2) is 12.9 Å². The highest BCUT2D eigenvalue weighted by atomic mass is 79.9. The molecule has 1 rings (SSSR count). The van der Waals surface area contributed by atoms with Crippen LogP contribution in [0, 0.1) is 0 Å². The number of ether oxygens (including phenoxy) is 1. The molecule has 0 N–H and O–H groups in total. The minimum absolute atomic E-state index is 0.0677. The molecular weight excluding hydrogens is 270 g/mol. The van der Waals surface area contributed by atoms with Crippen molar-refractivity contribution >= 4 is 21.7 Å². The minimum Gasteiger partial charge on any atom is -0.495 e. The van der Waals surface area contributed by atoms with Crippen LogP contribution in [0.2, 0.25) is 0 Å². The third-order valence-corrected chi connectivity index (χ3v) is 2.56. The zero-order valence-electron chi connectivity index (χ0n) is 8.18. The number of ketones is 1. The van der Waals surface area contributed by atoms with Crippen LogP contribution in [0.5, 0.6) is 5.75 Å². The highest BCUT2D eigenvalue weighted by Crippen LogP contribution is 2.35. The van der Waals surface area contributed by atoms with Gasteiger partial charge in [0, 0.05) is 5.56 Å². The van der Waals surface area contributed by atoms with E-state index in [9.17, 15) is 13.6 Å². The van der Waals surface area contributed by atoms with E-state index in [0.717, 1.165) is 0 Å². The van der Waals surface area contributed by atoms with Crippen LogP contribution in [0.4, 0.5) is 8.78 Å². The fourth-order valence-electron chi connectivity index (χ4n) is 1.32. The van der Waals surface area contributed by atoms with Gasteiger partial charge < -0.3 is 4.74 Å². The number of rotatable bonds is 3. The maximum Gasteiger partial charge on any atom is 0.264 e. The van der Waals surface area contributed by atoms with Crippen molar-refractivity contribution in [2.75, 3.05) is 7.11 Å². The minimum atomic E-state index is -2.69. The Bertz CT molecular complexity index is 391. The highest BCUT2D eigenvalue weighted by Gasteiger charge is 2.21. The van der Waals surface area contributed by atoms with Gasteiger partial charge in [-0.3, -0.25) is 4.79 Å².